The maximum absolute atomic E-state index is 12.5. The summed E-state index contributed by atoms with van der Waals surface area (Å²) >= 11 is 5.97. The highest BCUT2D eigenvalue weighted by atomic mass is 35.5. The standard InChI is InChI=1S/C19H21ClN2O4S/c20-17-5-1-2-6-18(17)26-14-19(23)21-13-15-7-9-16(10-8-15)27(24,25)22-11-3-4-12-22/h1-2,5-10H,3-4,11-14H2,(H,21,23). The van der Waals surface area contributed by atoms with Crippen LogP contribution in [0, 0.1) is 0 Å². The molecule has 0 aromatic heterocycles. The van der Waals surface area contributed by atoms with Gasteiger partial charge in [-0.15, -0.1) is 0 Å². The molecule has 2 aromatic carbocycles. The molecule has 0 bridgehead atoms. The average molecular weight is 409 g/mol. The second kappa shape index (κ2) is 8.73. The van der Waals surface area contributed by atoms with Gasteiger partial charge in [0.1, 0.15) is 5.75 Å². The van der Waals surface area contributed by atoms with Gasteiger partial charge in [0, 0.05) is 19.6 Å². The van der Waals surface area contributed by atoms with Crippen LogP contribution in [0.3, 0.4) is 0 Å². The molecule has 144 valence electrons. The summed E-state index contributed by atoms with van der Waals surface area (Å²) in [5, 5.41) is 3.18. The number of sulfonamides is 1. The van der Waals surface area contributed by atoms with Crippen molar-refractivity contribution in [1.82, 2.24) is 9.62 Å². The van der Waals surface area contributed by atoms with Gasteiger partial charge >= 0.3 is 0 Å². The molecule has 27 heavy (non-hydrogen) atoms. The van der Waals surface area contributed by atoms with E-state index in [1.807, 2.05) is 0 Å². The molecular weight excluding hydrogens is 388 g/mol. The van der Waals surface area contributed by atoms with Gasteiger partial charge in [0.05, 0.1) is 9.92 Å². The van der Waals surface area contributed by atoms with E-state index in [1.54, 1.807) is 48.5 Å². The summed E-state index contributed by atoms with van der Waals surface area (Å²) in [6.45, 7) is 1.29. The number of amides is 1. The highest BCUT2D eigenvalue weighted by Gasteiger charge is 2.26. The summed E-state index contributed by atoms with van der Waals surface area (Å²) in [6, 6.07) is 13.5. The number of hydrogen-bond donors (Lipinski definition) is 1. The molecule has 2 aromatic rings. The third-order valence-corrected chi connectivity index (χ3v) is 6.54. The Kier molecular flexibility index (Phi) is 6.36. The highest BCUT2D eigenvalue weighted by molar-refractivity contribution is 7.89. The number of halogens is 1. The van der Waals surface area contributed by atoms with Crippen molar-refractivity contribution < 1.29 is 17.9 Å². The Bertz CT molecular complexity index is 894. The molecule has 1 saturated heterocycles. The van der Waals surface area contributed by atoms with Gasteiger partial charge in [-0.05, 0) is 42.7 Å². The lowest BCUT2D eigenvalue weighted by Gasteiger charge is -2.15. The Labute approximate surface area is 164 Å². The van der Waals surface area contributed by atoms with E-state index in [1.165, 1.54) is 4.31 Å². The van der Waals surface area contributed by atoms with E-state index in [0.29, 0.717) is 23.9 Å². The van der Waals surface area contributed by atoms with Crippen molar-refractivity contribution >= 4 is 27.5 Å². The quantitative estimate of drug-likeness (QED) is 0.764. The summed E-state index contributed by atoms with van der Waals surface area (Å²) in [5.41, 5.74) is 0.807. The molecule has 0 radical (unpaired) electrons. The molecule has 8 heteroatoms. The minimum Gasteiger partial charge on any atom is -0.482 e. The van der Waals surface area contributed by atoms with E-state index >= 15 is 0 Å². The van der Waals surface area contributed by atoms with Crippen LogP contribution in [-0.4, -0.2) is 38.3 Å². The summed E-state index contributed by atoms with van der Waals surface area (Å²) in [7, 11) is -3.42. The van der Waals surface area contributed by atoms with E-state index < -0.39 is 10.0 Å². The van der Waals surface area contributed by atoms with Crippen LogP contribution in [0.1, 0.15) is 18.4 Å². The van der Waals surface area contributed by atoms with E-state index in [0.717, 1.165) is 18.4 Å². The molecule has 1 N–H and O–H groups in total. The smallest absolute Gasteiger partial charge is 0.258 e. The van der Waals surface area contributed by atoms with Crippen molar-refractivity contribution in [1.29, 1.82) is 0 Å². The fourth-order valence-corrected chi connectivity index (χ4v) is 4.52. The first-order valence-corrected chi connectivity index (χ1v) is 10.5. The van der Waals surface area contributed by atoms with Gasteiger partial charge in [0.15, 0.2) is 6.61 Å². The molecule has 0 spiro atoms. The fourth-order valence-electron chi connectivity index (χ4n) is 2.81. The van der Waals surface area contributed by atoms with Crippen LogP contribution in [0.15, 0.2) is 53.4 Å². The highest BCUT2D eigenvalue weighted by Crippen LogP contribution is 2.23. The molecule has 1 aliphatic rings. The van der Waals surface area contributed by atoms with Crippen molar-refractivity contribution in [2.75, 3.05) is 19.7 Å². The van der Waals surface area contributed by atoms with Gasteiger partial charge in [-0.3, -0.25) is 4.79 Å². The Balaban J connectivity index is 1.51. The van der Waals surface area contributed by atoms with Crippen LogP contribution in [-0.2, 0) is 21.4 Å². The SMILES string of the molecule is O=C(COc1ccccc1Cl)NCc1ccc(S(=O)(=O)N2CCCC2)cc1. The maximum Gasteiger partial charge on any atom is 0.258 e. The zero-order valence-corrected chi connectivity index (χ0v) is 16.3. The van der Waals surface area contributed by atoms with Crippen LogP contribution in [0.4, 0.5) is 0 Å². The molecule has 0 saturated carbocycles. The van der Waals surface area contributed by atoms with Crippen LogP contribution in [0.5, 0.6) is 5.75 Å². The molecule has 0 atom stereocenters. The number of benzene rings is 2. The number of hydrogen-bond acceptors (Lipinski definition) is 4. The van der Waals surface area contributed by atoms with Gasteiger partial charge in [-0.25, -0.2) is 8.42 Å². The van der Waals surface area contributed by atoms with E-state index in [-0.39, 0.29) is 24.0 Å². The van der Waals surface area contributed by atoms with Gasteiger partial charge < -0.3 is 10.1 Å². The number of para-hydroxylation sites is 1. The van der Waals surface area contributed by atoms with Crippen molar-refractivity contribution in [3.05, 3.63) is 59.1 Å². The molecule has 1 amide bonds. The predicted molar refractivity (Wildman–Crippen MR) is 103 cm³/mol. The van der Waals surface area contributed by atoms with Gasteiger partial charge in [0.25, 0.3) is 5.91 Å². The van der Waals surface area contributed by atoms with Gasteiger partial charge in [0.2, 0.25) is 10.0 Å². The first-order chi connectivity index (χ1) is 13.0. The zero-order valence-electron chi connectivity index (χ0n) is 14.7. The van der Waals surface area contributed by atoms with Gasteiger partial charge in [-0.2, -0.15) is 4.31 Å². The van der Waals surface area contributed by atoms with E-state index in [4.69, 9.17) is 16.3 Å². The number of carbonyl (C=O) groups excluding carboxylic acids is 1. The summed E-state index contributed by atoms with van der Waals surface area (Å²) in [5.74, 6) is 0.162. The van der Waals surface area contributed by atoms with Crippen LogP contribution in [0.25, 0.3) is 0 Å². The van der Waals surface area contributed by atoms with Gasteiger partial charge in [-0.1, -0.05) is 35.9 Å². The molecule has 1 aliphatic heterocycles. The Morgan fingerprint density at radius 2 is 1.74 bits per heavy atom. The molecule has 3 rings (SSSR count). The Morgan fingerprint density at radius 1 is 1.07 bits per heavy atom. The number of rotatable bonds is 7. The largest absolute Gasteiger partial charge is 0.482 e. The van der Waals surface area contributed by atoms with E-state index in [2.05, 4.69) is 5.32 Å². The molecular formula is C19H21ClN2O4S. The average Bonchev–Trinajstić information content (AvgIpc) is 3.22. The first-order valence-electron chi connectivity index (χ1n) is 8.70. The Morgan fingerprint density at radius 3 is 2.41 bits per heavy atom. The summed E-state index contributed by atoms with van der Waals surface area (Å²) < 4.78 is 31.9. The topological polar surface area (TPSA) is 75.7 Å². The molecule has 1 fully saturated rings. The molecule has 0 aliphatic carbocycles. The predicted octanol–water partition coefficient (Wildman–Crippen LogP) is 2.82. The number of carbonyl (C=O) groups is 1. The molecule has 1 heterocycles. The van der Waals surface area contributed by atoms with Crippen LogP contribution >= 0.6 is 11.6 Å². The lowest BCUT2D eigenvalue weighted by atomic mass is 10.2. The number of nitrogens with zero attached hydrogens (tertiary/aromatic N) is 1. The Hall–Kier alpha value is -2.09. The molecule has 6 nitrogen and oxygen atoms in total. The monoisotopic (exact) mass is 408 g/mol. The summed E-state index contributed by atoms with van der Waals surface area (Å²) in [6.07, 6.45) is 1.80. The number of nitrogens with one attached hydrogen (secondary N) is 1. The minimum atomic E-state index is -3.42. The first kappa shape index (κ1) is 19.7. The third kappa shape index (κ3) is 5.00. The summed E-state index contributed by atoms with van der Waals surface area (Å²) in [4.78, 5) is 12.2. The lowest BCUT2D eigenvalue weighted by Crippen LogP contribution is -2.29. The van der Waals surface area contributed by atoms with Crippen molar-refractivity contribution in [2.24, 2.45) is 0 Å². The number of ether oxygens (including phenoxy) is 1. The maximum atomic E-state index is 12.5. The third-order valence-electron chi connectivity index (χ3n) is 4.31. The second-order valence-electron chi connectivity index (χ2n) is 6.25. The van der Waals surface area contributed by atoms with Crippen LogP contribution in [0.2, 0.25) is 5.02 Å². The van der Waals surface area contributed by atoms with E-state index in [9.17, 15) is 13.2 Å². The fraction of sp³-hybridized carbons (Fsp3) is 0.316. The normalized spacial score (nSPS) is 14.9. The van der Waals surface area contributed by atoms with Crippen LogP contribution < -0.4 is 10.1 Å². The van der Waals surface area contributed by atoms with Crippen molar-refractivity contribution in [2.45, 2.75) is 24.3 Å². The minimum absolute atomic E-state index is 0.148. The molecule has 0 unspecified atom stereocenters. The van der Waals surface area contributed by atoms with Crippen molar-refractivity contribution in [3.63, 3.8) is 0 Å². The second-order valence-corrected chi connectivity index (χ2v) is 8.60. The zero-order chi connectivity index (χ0) is 19.3. The lowest BCUT2D eigenvalue weighted by molar-refractivity contribution is -0.123. The van der Waals surface area contributed by atoms with Crippen molar-refractivity contribution in [3.8, 4) is 5.75 Å².